The molecule has 1 fully saturated rings. The predicted octanol–water partition coefficient (Wildman–Crippen LogP) is 1.30. The molecule has 1 atom stereocenters. The van der Waals surface area contributed by atoms with E-state index < -0.39 is 18.7 Å². The largest absolute Gasteiger partial charge is 0.230 e. The Morgan fingerprint density at radius 1 is 1.18 bits per heavy atom. The lowest BCUT2D eigenvalue weighted by molar-refractivity contribution is 0.602. The lowest BCUT2D eigenvalue weighted by Gasteiger charge is -2.07. The Balaban J connectivity index is 2.15. The minimum absolute atomic E-state index is 0.0380. The van der Waals surface area contributed by atoms with Crippen molar-refractivity contribution in [3.8, 4) is 0 Å². The van der Waals surface area contributed by atoms with Crippen LogP contribution in [0.25, 0.3) is 0 Å². The van der Waals surface area contributed by atoms with Crippen molar-refractivity contribution in [3.63, 3.8) is 0 Å². The highest BCUT2D eigenvalue weighted by Crippen LogP contribution is 2.32. The van der Waals surface area contributed by atoms with Crippen molar-refractivity contribution in [1.29, 1.82) is 0 Å². The Morgan fingerprint density at radius 3 is 2.35 bits per heavy atom. The molecule has 0 radical (unpaired) electrons. The lowest BCUT2D eigenvalue weighted by atomic mass is 10.4. The second-order valence-electron chi connectivity index (χ2n) is 3.89. The Hall–Kier alpha value is -0.530. The minimum Gasteiger partial charge on any atom is -0.229 e. The van der Waals surface area contributed by atoms with Gasteiger partial charge < -0.3 is 0 Å². The molecule has 7 heteroatoms. The van der Waals surface area contributed by atoms with Crippen molar-refractivity contribution in [2.75, 3.05) is 11.5 Å². The molecule has 0 bridgehead atoms. The van der Waals surface area contributed by atoms with E-state index in [0.717, 1.165) is 10.8 Å². The molecular formula is C10H12O4S3. The van der Waals surface area contributed by atoms with Crippen LogP contribution < -0.4 is 0 Å². The zero-order valence-corrected chi connectivity index (χ0v) is 11.4. The quantitative estimate of drug-likeness (QED) is 0.785. The average molecular weight is 292 g/mol. The number of rotatable bonds is 3. The fourth-order valence-electron chi connectivity index (χ4n) is 1.66. The highest BCUT2D eigenvalue weighted by molar-refractivity contribution is 8.72. The topological polar surface area (TPSA) is 68.3 Å². The summed E-state index contributed by atoms with van der Waals surface area (Å²) in [5.41, 5.74) is 0. The monoisotopic (exact) mass is 292 g/mol. The summed E-state index contributed by atoms with van der Waals surface area (Å²) in [5, 5.41) is -0.342. The van der Waals surface area contributed by atoms with Crippen LogP contribution in [0, 0.1) is 0 Å². The summed E-state index contributed by atoms with van der Waals surface area (Å²) in [7, 11) is -5.72. The van der Waals surface area contributed by atoms with Gasteiger partial charge in [-0.2, -0.15) is 0 Å². The van der Waals surface area contributed by atoms with Crippen molar-refractivity contribution >= 4 is 29.5 Å². The maximum atomic E-state index is 12.0. The molecule has 1 saturated heterocycles. The zero-order valence-electron chi connectivity index (χ0n) is 8.94. The fourth-order valence-corrected chi connectivity index (χ4v) is 7.90. The molecule has 1 aliphatic rings. The van der Waals surface area contributed by atoms with Crippen LogP contribution in [0.1, 0.15) is 6.42 Å². The van der Waals surface area contributed by atoms with Gasteiger partial charge in [0.25, 0.3) is 0 Å². The van der Waals surface area contributed by atoms with Gasteiger partial charge in [-0.3, -0.25) is 0 Å². The molecule has 1 aromatic rings. The summed E-state index contributed by atoms with van der Waals surface area (Å²) >= 11 is 0. The molecule has 0 amide bonds. The van der Waals surface area contributed by atoms with Crippen LogP contribution >= 0.6 is 10.8 Å². The van der Waals surface area contributed by atoms with E-state index in [4.69, 9.17) is 0 Å². The van der Waals surface area contributed by atoms with Crippen LogP contribution in [0.4, 0.5) is 0 Å². The molecule has 0 spiro atoms. The third-order valence-corrected chi connectivity index (χ3v) is 8.40. The zero-order chi connectivity index (χ0) is 12.5. The molecule has 0 aromatic heterocycles. The van der Waals surface area contributed by atoms with Crippen LogP contribution in [0.2, 0.25) is 0 Å². The lowest BCUT2D eigenvalue weighted by Crippen LogP contribution is -2.09. The van der Waals surface area contributed by atoms with E-state index in [1.165, 1.54) is 12.1 Å². The average Bonchev–Trinajstić information content (AvgIpc) is 2.58. The van der Waals surface area contributed by atoms with Gasteiger partial charge in [0.2, 0.25) is 8.87 Å². The van der Waals surface area contributed by atoms with E-state index >= 15 is 0 Å². The fraction of sp³-hybridized carbons (Fsp3) is 0.400. The molecule has 1 aliphatic heterocycles. The number of hydrogen-bond donors (Lipinski definition) is 0. The molecule has 94 valence electrons. The first kappa shape index (κ1) is 12.9. The van der Waals surface area contributed by atoms with E-state index in [0.29, 0.717) is 6.42 Å². The van der Waals surface area contributed by atoms with Gasteiger partial charge in [0.05, 0.1) is 16.4 Å². The molecule has 2 rings (SSSR count). The first-order valence-corrected chi connectivity index (χ1v) is 9.78. The third kappa shape index (κ3) is 3.23. The van der Waals surface area contributed by atoms with Gasteiger partial charge in [0.1, 0.15) is 0 Å². The Labute approximate surface area is 105 Å². The smallest absolute Gasteiger partial charge is 0.229 e. The number of benzene rings is 1. The molecule has 0 aliphatic carbocycles. The SMILES string of the molecule is O=S1(=O)CCC(SS(=O)(=O)c2ccccc2)C1. The van der Waals surface area contributed by atoms with Gasteiger partial charge in [-0.05, 0) is 29.3 Å². The first-order valence-electron chi connectivity index (χ1n) is 5.08. The van der Waals surface area contributed by atoms with Crippen LogP contribution in [0.3, 0.4) is 0 Å². The van der Waals surface area contributed by atoms with Gasteiger partial charge in [0, 0.05) is 5.25 Å². The Bertz CT molecular complexity index is 590. The molecule has 0 N–H and O–H groups in total. The molecule has 0 saturated carbocycles. The number of hydrogen-bond acceptors (Lipinski definition) is 5. The summed E-state index contributed by atoms with van der Waals surface area (Å²) in [4.78, 5) is 0.231. The molecule has 1 unspecified atom stereocenters. The predicted molar refractivity (Wildman–Crippen MR) is 68.3 cm³/mol. The summed E-state index contributed by atoms with van der Waals surface area (Å²) in [6.45, 7) is 0. The van der Waals surface area contributed by atoms with Crippen LogP contribution in [0.5, 0.6) is 0 Å². The minimum atomic E-state index is -3.44. The Morgan fingerprint density at radius 2 is 1.82 bits per heavy atom. The standard InChI is InChI=1S/C10H12O4S3/c11-16(12)7-6-9(8-16)15-17(13,14)10-4-2-1-3-5-10/h1-5,9H,6-8H2. The van der Waals surface area contributed by atoms with Gasteiger partial charge in [-0.1, -0.05) is 18.2 Å². The second kappa shape index (κ2) is 4.62. The molecule has 1 heterocycles. The highest BCUT2D eigenvalue weighted by Gasteiger charge is 2.32. The maximum absolute atomic E-state index is 12.0. The summed E-state index contributed by atoms with van der Waals surface area (Å²) in [6.07, 6.45) is 0.416. The van der Waals surface area contributed by atoms with E-state index in [1.54, 1.807) is 18.2 Å². The summed E-state index contributed by atoms with van der Waals surface area (Å²) in [6, 6.07) is 8.08. The number of sulfone groups is 1. The van der Waals surface area contributed by atoms with Gasteiger partial charge in [0.15, 0.2) is 9.84 Å². The Kier molecular flexibility index (Phi) is 3.51. The third-order valence-electron chi connectivity index (χ3n) is 2.49. The van der Waals surface area contributed by atoms with Crippen molar-refractivity contribution in [3.05, 3.63) is 30.3 Å². The van der Waals surface area contributed by atoms with Crippen molar-refractivity contribution in [2.24, 2.45) is 0 Å². The normalized spacial score (nSPS) is 23.6. The summed E-state index contributed by atoms with van der Waals surface area (Å²) < 4.78 is 46.4. The van der Waals surface area contributed by atoms with E-state index in [2.05, 4.69) is 0 Å². The maximum Gasteiger partial charge on any atom is 0.230 e. The highest BCUT2D eigenvalue weighted by atomic mass is 33.1. The molecule has 4 nitrogen and oxygen atoms in total. The van der Waals surface area contributed by atoms with Crippen molar-refractivity contribution in [2.45, 2.75) is 16.6 Å². The van der Waals surface area contributed by atoms with Crippen molar-refractivity contribution in [1.82, 2.24) is 0 Å². The van der Waals surface area contributed by atoms with Gasteiger partial charge in [-0.25, -0.2) is 16.8 Å². The van der Waals surface area contributed by atoms with E-state index in [9.17, 15) is 16.8 Å². The van der Waals surface area contributed by atoms with Crippen molar-refractivity contribution < 1.29 is 16.8 Å². The van der Waals surface area contributed by atoms with E-state index in [-0.39, 0.29) is 21.7 Å². The molecule has 17 heavy (non-hydrogen) atoms. The van der Waals surface area contributed by atoms with E-state index in [1.807, 2.05) is 0 Å². The first-order chi connectivity index (χ1) is 7.89. The van der Waals surface area contributed by atoms with Crippen LogP contribution in [-0.2, 0) is 18.7 Å². The van der Waals surface area contributed by atoms with Crippen LogP contribution in [-0.4, -0.2) is 33.6 Å². The molecule has 1 aromatic carbocycles. The van der Waals surface area contributed by atoms with Gasteiger partial charge >= 0.3 is 0 Å². The second-order valence-corrected chi connectivity index (χ2v) is 10.2. The summed E-state index contributed by atoms with van der Waals surface area (Å²) in [5.74, 6) is 0.0543. The van der Waals surface area contributed by atoms with Gasteiger partial charge in [-0.15, -0.1) is 0 Å². The van der Waals surface area contributed by atoms with Crippen LogP contribution in [0.15, 0.2) is 35.2 Å². The molecular weight excluding hydrogens is 280 g/mol.